The number of aryl methyl sites for hydroxylation is 1. The number of nitrogens with zero attached hydrogens (tertiary/aromatic N) is 2. The Bertz CT molecular complexity index is 980. The first-order valence-electron chi connectivity index (χ1n) is 8.48. The van der Waals surface area contributed by atoms with Crippen molar-refractivity contribution in [3.05, 3.63) is 55.0 Å². The minimum Gasteiger partial charge on any atom is -0.748 e. The topological polar surface area (TPSA) is 96.3 Å². The van der Waals surface area contributed by atoms with Crippen LogP contribution in [-0.2, 0) is 16.7 Å². The molecular weight excluding hydrogens is 368 g/mol. The van der Waals surface area contributed by atoms with Crippen LogP contribution in [0, 0.1) is 0 Å². The Balaban J connectivity index is 1.62. The van der Waals surface area contributed by atoms with Gasteiger partial charge in [0.15, 0.2) is 18.2 Å². The zero-order chi connectivity index (χ0) is 19.3. The van der Waals surface area contributed by atoms with Gasteiger partial charge in [-0.2, -0.15) is 0 Å². The molecule has 0 amide bonds. The van der Waals surface area contributed by atoms with Gasteiger partial charge in [0.05, 0.1) is 23.4 Å². The largest absolute Gasteiger partial charge is 0.748 e. The van der Waals surface area contributed by atoms with Gasteiger partial charge in [0, 0.05) is 35.4 Å². The molecule has 27 heavy (non-hydrogen) atoms. The third kappa shape index (κ3) is 5.38. The van der Waals surface area contributed by atoms with Crippen molar-refractivity contribution in [2.24, 2.45) is 0 Å². The van der Waals surface area contributed by atoms with Gasteiger partial charge in [0.25, 0.3) is 0 Å². The van der Waals surface area contributed by atoms with Crippen molar-refractivity contribution in [2.75, 3.05) is 12.9 Å². The second-order valence-electron chi connectivity index (χ2n) is 6.05. The van der Waals surface area contributed by atoms with Crippen molar-refractivity contribution in [1.82, 2.24) is 4.98 Å². The summed E-state index contributed by atoms with van der Waals surface area (Å²) in [5.41, 5.74) is 1.75. The molecule has 0 saturated heterocycles. The van der Waals surface area contributed by atoms with Crippen molar-refractivity contribution < 1.29 is 26.7 Å². The summed E-state index contributed by atoms with van der Waals surface area (Å²) in [6, 6.07) is 11.3. The number of hydrogen-bond acceptors (Lipinski definition) is 6. The van der Waals surface area contributed by atoms with E-state index in [9.17, 15) is 13.0 Å². The number of ether oxygens (including phenoxy) is 1. The molecule has 3 aromatic rings. The molecule has 0 aliphatic heterocycles. The molecule has 0 N–H and O–H groups in total. The zero-order valence-electron chi connectivity index (χ0n) is 14.9. The Kier molecular flexibility index (Phi) is 5.88. The van der Waals surface area contributed by atoms with E-state index in [0.717, 1.165) is 16.9 Å². The summed E-state index contributed by atoms with van der Waals surface area (Å²) in [6.45, 7) is 0.637. The van der Waals surface area contributed by atoms with E-state index < -0.39 is 10.1 Å². The number of methoxy groups -OCH3 is 1. The van der Waals surface area contributed by atoms with Crippen molar-refractivity contribution in [1.29, 1.82) is 0 Å². The van der Waals surface area contributed by atoms with Crippen LogP contribution in [0.2, 0.25) is 0 Å². The maximum Gasteiger partial charge on any atom is 0.227 e. The molecule has 2 heterocycles. The molecule has 0 radical (unpaired) electrons. The molecule has 0 unspecified atom stereocenters. The van der Waals surface area contributed by atoms with Gasteiger partial charge >= 0.3 is 0 Å². The van der Waals surface area contributed by atoms with Crippen LogP contribution in [0.15, 0.2) is 59.4 Å². The molecule has 3 rings (SSSR count). The molecule has 8 heteroatoms. The fraction of sp³-hybridized carbons (Fsp3) is 0.263. The van der Waals surface area contributed by atoms with Crippen molar-refractivity contribution in [3.8, 4) is 28.5 Å². The number of aromatic nitrogens is 2. The summed E-state index contributed by atoms with van der Waals surface area (Å²) >= 11 is 0. The highest BCUT2D eigenvalue weighted by molar-refractivity contribution is 7.85. The van der Waals surface area contributed by atoms with Crippen LogP contribution >= 0.6 is 0 Å². The van der Waals surface area contributed by atoms with Crippen LogP contribution in [0.25, 0.3) is 22.8 Å². The first-order chi connectivity index (χ1) is 12.9. The Labute approximate surface area is 158 Å². The molecule has 0 aliphatic carbocycles. The fourth-order valence-corrected chi connectivity index (χ4v) is 3.18. The lowest BCUT2D eigenvalue weighted by Gasteiger charge is -2.04. The van der Waals surface area contributed by atoms with Crippen LogP contribution in [0.4, 0.5) is 0 Å². The summed E-state index contributed by atoms with van der Waals surface area (Å²) < 4.78 is 44.7. The van der Waals surface area contributed by atoms with Gasteiger partial charge in [-0.3, -0.25) is 0 Å². The molecule has 0 saturated carbocycles. The normalized spacial score (nSPS) is 11.5. The molecule has 2 aromatic heterocycles. The molecule has 1 aromatic carbocycles. The molecule has 7 nitrogen and oxygen atoms in total. The summed E-state index contributed by atoms with van der Waals surface area (Å²) in [4.78, 5) is 4.33. The second kappa shape index (κ2) is 8.32. The molecule has 0 spiro atoms. The summed E-state index contributed by atoms with van der Waals surface area (Å²) in [7, 11) is -2.51. The summed E-state index contributed by atoms with van der Waals surface area (Å²) in [5.74, 6) is 1.64. The lowest BCUT2D eigenvalue weighted by Crippen LogP contribution is -2.32. The summed E-state index contributed by atoms with van der Waals surface area (Å²) in [5, 5.41) is 0. The predicted molar refractivity (Wildman–Crippen MR) is 97.9 cm³/mol. The van der Waals surface area contributed by atoms with Gasteiger partial charge in [0.1, 0.15) is 12.3 Å². The third-order valence-corrected chi connectivity index (χ3v) is 4.87. The van der Waals surface area contributed by atoms with E-state index >= 15 is 0 Å². The lowest BCUT2D eigenvalue weighted by molar-refractivity contribution is -0.697. The number of unbranched alkanes of at least 4 members (excludes halogenated alkanes) is 1. The Hall–Kier alpha value is -2.71. The summed E-state index contributed by atoms with van der Waals surface area (Å²) in [6.07, 6.45) is 6.40. The first-order valence-corrected chi connectivity index (χ1v) is 10.1. The molecule has 0 aliphatic rings. The maximum atomic E-state index is 10.6. The SMILES string of the molecule is COc1ccc(-c2cnc(-c3cc[n+](CCCCS(=O)(=O)[O-])cc3)o2)cc1. The molecular formula is C19H20N2O5S. The van der Waals surface area contributed by atoms with E-state index in [1.807, 2.05) is 53.4 Å². The van der Waals surface area contributed by atoms with Crippen LogP contribution in [0.3, 0.4) is 0 Å². The fourth-order valence-electron chi connectivity index (χ4n) is 2.62. The van der Waals surface area contributed by atoms with Crippen LogP contribution in [0.5, 0.6) is 5.75 Å². The monoisotopic (exact) mass is 388 g/mol. The van der Waals surface area contributed by atoms with Crippen molar-refractivity contribution in [3.63, 3.8) is 0 Å². The van der Waals surface area contributed by atoms with E-state index in [4.69, 9.17) is 9.15 Å². The van der Waals surface area contributed by atoms with Crippen LogP contribution in [0.1, 0.15) is 12.8 Å². The first kappa shape index (κ1) is 19.1. The standard InChI is InChI=1S/C19H20N2O5S/c1-25-17-6-4-15(5-7-17)18-14-20-19(26-18)16-8-11-21(12-9-16)10-2-3-13-27(22,23)24/h4-9,11-12,14H,2-3,10,13H2,1H3. The Morgan fingerprint density at radius 3 is 2.41 bits per heavy atom. The zero-order valence-corrected chi connectivity index (χ0v) is 15.7. The van der Waals surface area contributed by atoms with E-state index in [0.29, 0.717) is 31.0 Å². The number of pyridine rings is 1. The van der Waals surface area contributed by atoms with Crippen LogP contribution in [-0.4, -0.2) is 30.8 Å². The number of benzene rings is 1. The van der Waals surface area contributed by atoms with Crippen molar-refractivity contribution in [2.45, 2.75) is 19.4 Å². The highest BCUT2D eigenvalue weighted by atomic mass is 32.2. The Morgan fingerprint density at radius 2 is 1.78 bits per heavy atom. The minimum atomic E-state index is -4.13. The van der Waals surface area contributed by atoms with E-state index in [-0.39, 0.29) is 5.75 Å². The maximum absolute atomic E-state index is 10.6. The Morgan fingerprint density at radius 1 is 1.07 bits per heavy atom. The average molecular weight is 388 g/mol. The molecule has 142 valence electrons. The predicted octanol–water partition coefficient (Wildman–Crippen LogP) is 2.63. The second-order valence-corrected chi connectivity index (χ2v) is 7.58. The van der Waals surface area contributed by atoms with E-state index in [2.05, 4.69) is 4.98 Å². The van der Waals surface area contributed by atoms with Gasteiger partial charge in [-0.05, 0) is 30.7 Å². The lowest BCUT2D eigenvalue weighted by atomic mass is 10.2. The van der Waals surface area contributed by atoms with Gasteiger partial charge in [0.2, 0.25) is 5.89 Å². The number of oxazole rings is 1. The number of rotatable bonds is 8. The molecule has 0 fully saturated rings. The van der Waals surface area contributed by atoms with Gasteiger partial charge < -0.3 is 13.7 Å². The average Bonchev–Trinajstić information content (AvgIpc) is 3.15. The molecule has 0 bridgehead atoms. The molecule has 0 atom stereocenters. The highest BCUT2D eigenvalue weighted by Crippen LogP contribution is 2.26. The van der Waals surface area contributed by atoms with E-state index in [1.54, 1.807) is 13.3 Å². The van der Waals surface area contributed by atoms with Gasteiger partial charge in [-0.15, -0.1) is 0 Å². The third-order valence-electron chi connectivity index (χ3n) is 4.08. The van der Waals surface area contributed by atoms with E-state index in [1.165, 1.54) is 0 Å². The quantitative estimate of drug-likeness (QED) is 0.334. The van der Waals surface area contributed by atoms with Gasteiger partial charge in [-0.1, -0.05) is 0 Å². The number of hydrogen-bond donors (Lipinski definition) is 0. The minimum absolute atomic E-state index is 0.323. The smallest absolute Gasteiger partial charge is 0.227 e. The van der Waals surface area contributed by atoms with Gasteiger partial charge in [-0.25, -0.2) is 18.0 Å². The highest BCUT2D eigenvalue weighted by Gasteiger charge is 2.10. The van der Waals surface area contributed by atoms with Crippen molar-refractivity contribution >= 4 is 10.1 Å². The van der Waals surface area contributed by atoms with Crippen LogP contribution < -0.4 is 9.30 Å².